The summed E-state index contributed by atoms with van der Waals surface area (Å²) in [7, 11) is -1.55. The first-order valence-electron chi connectivity index (χ1n) is 7.47. The van der Waals surface area contributed by atoms with Gasteiger partial charge in [0.25, 0.3) is 0 Å². The first kappa shape index (κ1) is 18.2. The molecular weight excluding hydrogens is 286 g/mol. The van der Waals surface area contributed by atoms with E-state index in [0.717, 1.165) is 18.7 Å². The van der Waals surface area contributed by atoms with Crippen LogP contribution in [0.15, 0.2) is 12.4 Å². The Hall–Kier alpha value is -0.880. The Morgan fingerprint density at radius 1 is 1.38 bits per heavy atom. The molecule has 6 heteroatoms. The highest BCUT2D eigenvalue weighted by molar-refractivity contribution is 7.88. The van der Waals surface area contributed by atoms with Crippen LogP contribution in [0.5, 0.6) is 0 Å². The molecule has 0 fully saturated rings. The highest BCUT2D eigenvalue weighted by atomic mass is 32.2. The molecule has 0 bridgehead atoms. The minimum Gasteiger partial charge on any atom is -0.332 e. The lowest BCUT2D eigenvalue weighted by molar-refractivity contribution is 0.227. The molecule has 1 rings (SSSR count). The van der Waals surface area contributed by atoms with Crippen molar-refractivity contribution >= 4 is 10.0 Å². The van der Waals surface area contributed by atoms with Gasteiger partial charge in [-0.15, -0.1) is 0 Å². The van der Waals surface area contributed by atoms with Gasteiger partial charge in [0, 0.05) is 36.9 Å². The van der Waals surface area contributed by atoms with Crippen LogP contribution in [0.2, 0.25) is 0 Å². The Kier molecular flexibility index (Phi) is 5.61. The summed E-state index contributed by atoms with van der Waals surface area (Å²) in [5, 5.41) is 0. The zero-order valence-corrected chi connectivity index (χ0v) is 15.1. The van der Waals surface area contributed by atoms with Crippen LogP contribution in [0.1, 0.15) is 65.2 Å². The van der Waals surface area contributed by atoms with Crippen molar-refractivity contribution in [2.75, 3.05) is 13.3 Å². The fourth-order valence-electron chi connectivity index (χ4n) is 2.68. The van der Waals surface area contributed by atoms with E-state index in [-0.39, 0.29) is 5.92 Å². The Bertz CT molecular complexity index is 561. The Morgan fingerprint density at radius 2 is 1.95 bits per heavy atom. The summed E-state index contributed by atoms with van der Waals surface area (Å²) in [5.41, 5.74) is -0.442. The van der Waals surface area contributed by atoms with E-state index in [1.54, 1.807) is 7.05 Å². The average molecular weight is 315 g/mol. The van der Waals surface area contributed by atoms with Crippen LogP contribution < -0.4 is 0 Å². The summed E-state index contributed by atoms with van der Waals surface area (Å²) in [6.45, 7) is 10.3. The molecule has 0 N–H and O–H groups in total. The molecule has 0 saturated heterocycles. The van der Waals surface area contributed by atoms with Crippen LogP contribution in [0, 0.1) is 0 Å². The largest absolute Gasteiger partial charge is 0.332 e. The molecule has 21 heavy (non-hydrogen) atoms. The third-order valence-electron chi connectivity index (χ3n) is 4.21. The summed E-state index contributed by atoms with van der Waals surface area (Å²) in [4.78, 5) is 4.51. The van der Waals surface area contributed by atoms with E-state index in [9.17, 15) is 8.42 Å². The maximum absolute atomic E-state index is 11.8. The molecule has 0 spiro atoms. The molecule has 1 heterocycles. The van der Waals surface area contributed by atoms with Crippen molar-refractivity contribution in [3.05, 3.63) is 18.2 Å². The molecule has 0 radical (unpaired) electrons. The molecule has 0 amide bonds. The van der Waals surface area contributed by atoms with Crippen molar-refractivity contribution in [1.82, 2.24) is 13.9 Å². The average Bonchev–Trinajstić information content (AvgIpc) is 2.83. The monoisotopic (exact) mass is 315 g/mol. The fraction of sp³-hybridized carbons (Fsp3) is 0.800. The normalized spacial score (nSPS) is 14.9. The lowest BCUT2D eigenvalue weighted by Crippen LogP contribution is -2.45. The first-order chi connectivity index (χ1) is 9.50. The Labute approximate surface area is 129 Å². The van der Waals surface area contributed by atoms with E-state index in [4.69, 9.17) is 0 Å². The highest BCUT2D eigenvalue weighted by Crippen LogP contribution is 2.32. The summed E-state index contributed by atoms with van der Waals surface area (Å²) < 4.78 is 27.3. The summed E-state index contributed by atoms with van der Waals surface area (Å²) in [6, 6.07) is 0.354. The van der Waals surface area contributed by atoms with E-state index >= 15 is 0 Å². The number of rotatable bonds is 7. The van der Waals surface area contributed by atoms with Gasteiger partial charge in [0.1, 0.15) is 5.82 Å². The summed E-state index contributed by atoms with van der Waals surface area (Å²) in [6.07, 6.45) is 6.76. The van der Waals surface area contributed by atoms with Crippen LogP contribution >= 0.6 is 0 Å². The zero-order chi connectivity index (χ0) is 16.4. The van der Waals surface area contributed by atoms with Gasteiger partial charge < -0.3 is 4.57 Å². The standard InChI is InChI=1S/C15H29N3O2S/c1-8-13(14-16-9-10-18(14)12(2)3)11-15(4,5)17(6)21(7,19)20/h9-10,12-13H,8,11H2,1-7H3. The second kappa shape index (κ2) is 6.48. The number of imidazole rings is 1. The number of nitrogens with zero attached hydrogens (tertiary/aromatic N) is 3. The predicted octanol–water partition coefficient (Wildman–Crippen LogP) is 3.02. The van der Waals surface area contributed by atoms with E-state index in [1.165, 1.54) is 10.6 Å². The first-order valence-corrected chi connectivity index (χ1v) is 9.32. The van der Waals surface area contributed by atoms with Gasteiger partial charge in [0.15, 0.2) is 0 Å². The molecule has 1 aromatic rings. The molecule has 0 aromatic carbocycles. The minimum absolute atomic E-state index is 0.238. The molecule has 0 saturated carbocycles. The lowest BCUT2D eigenvalue weighted by atomic mass is 9.88. The van der Waals surface area contributed by atoms with Crippen molar-refractivity contribution in [3.8, 4) is 0 Å². The number of aromatic nitrogens is 2. The molecule has 1 aromatic heterocycles. The molecule has 1 atom stereocenters. The second-order valence-corrected chi connectivity index (χ2v) is 8.65. The quantitative estimate of drug-likeness (QED) is 0.777. The van der Waals surface area contributed by atoms with Crippen molar-refractivity contribution in [2.45, 2.75) is 65.0 Å². The smallest absolute Gasteiger partial charge is 0.211 e. The summed E-state index contributed by atoms with van der Waals surface area (Å²) >= 11 is 0. The van der Waals surface area contributed by atoms with Crippen molar-refractivity contribution in [1.29, 1.82) is 0 Å². The molecule has 1 unspecified atom stereocenters. The molecule has 0 aliphatic heterocycles. The van der Waals surface area contributed by atoms with Gasteiger partial charge in [0.05, 0.1) is 6.26 Å². The molecule has 5 nitrogen and oxygen atoms in total. The van der Waals surface area contributed by atoms with E-state index in [2.05, 4.69) is 30.3 Å². The minimum atomic E-state index is -3.20. The number of hydrogen-bond donors (Lipinski definition) is 0. The van der Waals surface area contributed by atoms with E-state index < -0.39 is 15.6 Å². The predicted molar refractivity (Wildman–Crippen MR) is 86.9 cm³/mol. The van der Waals surface area contributed by atoms with Crippen LogP contribution in [-0.2, 0) is 10.0 Å². The van der Waals surface area contributed by atoms with Crippen LogP contribution in [0.25, 0.3) is 0 Å². The SMILES string of the molecule is CCC(CC(C)(C)N(C)S(C)(=O)=O)c1nccn1C(C)C. The Balaban J connectivity index is 3.04. The second-order valence-electron chi connectivity index (χ2n) is 6.64. The van der Waals surface area contributed by atoms with Gasteiger partial charge in [-0.2, -0.15) is 4.31 Å². The molecule has 0 aliphatic rings. The van der Waals surface area contributed by atoms with Crippen LogP contribution in [-0.4, -0.2) is 41.1 Å². The molecule has 122 valence electrons. The van der Waals surface area contributed by atoms with Crippen LogP contribution in [0.3, 0.4) is 0 Å². The van der Waals surface area contributed by atoms with Gasteiger partial charge in [-0.25, -0.2) is 13.4 Å². The van der Waals surface area contributed by atoms with Gasteiger partial charge >= 0.3 is 0 Å². The Morgan fingerprint density at radius 3 is 2.38 bits per heavy atom. The third kappa shape index (κ3) is 4.30. The topological polar surface area (TPSA) is 55.2 Å². The highest BCUT2D eigenvalue weighted by Gasteiger charge is 2.34. The van der Waals surface area contributed by atoms with Crippen molar-refractivity contribution < 1.29 is 8.42 Å². The fourth-order valence-corrected chi connectivity index (χ4v) is 3.65. The number of hydrogen-bond acceptors (Lipinski definition) is 3. The van der Waals surface area contributed by atoms with Gasteiger partial charge in [-0.3, -0.25) is 0 Å². The maximum atomic E-state index is 11.8. The van der Waals surface area contributed by atoms with E-state index in [1.807, 2.05) is 26.2 Å². The summed E-state index contributed by atoms with van der Waals surface area (Å²) in [5.74, 6) is 1.28. The van der Waals surface area contributed by atoms with Crippen molar-refractivity contribution in [2.24, 2.45) is 0 Å². The third-order valence-corrected chi connectivity index (χ3v) is 5.70. The molecular formula is C15H29N3O2S. The van der Waals surface area contributed by atoms with Gasteiger partial charge in [0.2, 0.25) is 10.0 Å². The molecule has 0 aliphatic carbocycles. The zero-order valence-electron chi connectivity index (χ0n) is 14.3. The maximum Gasteiger partial charge on any atom is 0.211 e. The number of sulfonamides is 1. The van der Waals surface area contributed by atoms with Crippen LogP contribution in [0.4, 0.5) is 0 Å². The van der Waals surface area contributed by atoms with E-state index in [0.29, 0.717) is 6.04 Å². The van der Waals surface area contributed by atoms with Gasteiger partial charge in [-0.05, 0) is 40.5 Å². The van der Waals surface area contributed by atoms with Gasteiger partial charge in [-0.1, -0.05) is 6.92 Å². The van der Waals surface area contributed by atoms with Crippen molar-refractivity contribution in [3.63, 3.8) is 0 Å². The lowest BCUT2D eigenvalue weighted by Gasteiger charge is -2.36.